The molecule has 14 heavy (non-hydrogen) atoms. The molecule has 0 radical (unpaired) electrons. The summed E-state index contributed by atoms with van der Waals surface area (Å²) in [6.45, 7) is 0. The van der Waals surface area contributed by atoms with Crippen LogP contribution in [-0.4, -0.2) is 10.9 Å². The molecule has 0 saturated carbocycles. The Morgan fingerprint density at radius 1 is 1.36 bits per heavy atom. The van der Waals surface area contributed by atoms with Gasteiger partial charge in [-0.25, -0.2) is 4.98 Å². The molecule has 0 fully saturated rings. The molecule has 1 heterocycles. The van der Waals surface area contributed by atoms with Crippen molar-refractivity contribution in [3.05, 3.63) is 29.3 Å². The second kappa shape index (κ2) is 4.45. The average molecular weight is 222 g/mol. The minimum atomic E-state index is 0.581. The zero-order valence-electron chi connectivity index (χ0n) is 7.46. The average Bonchev–Trinajstić information content (AvgIpc) is 2.60. The van der Waals surface area contributed by atoms with Crippen molar-refractivity contribution in [2.24, 2.45) is 0 Å². The Balaban J connectivity index is 2.33. The number of thiazole rings is 1. The Hall–Kier alpha value is -1.04. The van der Waals surface area contributed by atoms with Gasteiger partial charge >= 0.3 is 0 Å². The topological polar surface area (TPSA) is 12.9 Å². The van der Waals surface area contributed by atoms with Crippen LogP contribution in [0.25, 0.3) is 10.2 Å². The lowest BCUT2D eigenvalue weighted by Gasteiger charge is -1.80. The largest absolute Gasteiger partial charge is 0.228 e. The predicted molar refractivity (Wildman–Crippen MR) is 61.8 cm³/mol. The molecule has 1 aromatic heterocycles. The summed E-state index contributed by atoms with van der Waals surface area (Å²) in [6.07, 6.45) is 0.720. The minimum Gasteiger partial charge on any atom is -0.228 e. The van der Waals surface area contributed by atoms with Crippen molar-refractivity contribution in [1.82, 2.24) is 4.98 Å². The molecule has 0 saturated heterocycles. The fourth-order valence-electron chi connectivity index (χ4n) is 1.11. The lowest BCUT2D eigenvalue weighted by molar-refractivity contribution is 1.29. The molecule has 1 aromatic carbocycles. The molecule has 70 valence electrons. The number of fused-ring (bicyclic) bond motifs is 1. The van der Waals surface area contributed by atoms with Gasteiger partial charge in [0.25, 0.3) is 0 Å². The van der Waals surface area contributed by atoms with Crippen molar-refractivity contribution < 1.29 is 0 Å². The summed E-state index contributed by atoms with van der Waals surface area (Å²) >= 11 is 7.15. The van der Waals surface area contributed by atoms with E-state index >= 15 is 0 Å². The molecule has 0 atom stereocenters. The van der Waals surface area contributed by atoms with Gasteiger partial charge in [0.2, 0.25) is 0 Å². The molecule has 0 N–H and O–H groups in total. The van der Waals surface area contributed by atoms with E-state index in [1.54, 1.807) is 11.3 Å². The standard InChI is InChI=1S/C11H8ClNS/c12-8-4-3-7-11-13-9-5-1-2-6-10(9)14-11/h1-2,5-6H,4,8H2. The highest BCUT2D eigenvalue weighted by atomic mass is 35.5. The van der Waals surface area contributed by atoms with Gasteiger partial charge in [0.05, 0.1) is 10.2 Å². The molecule has 0 aliphatic heterocycles. The highest BCUT2D eigenvalue weighted by molar-refractivity contribution is 7.19. The van der Waals surface area contributed by atoms with Crippen molar-refractivity contribution in [1.29, 1.82) is 0 Å². The van der Waals surface area contributed by atoms with E-state index < -0.39 is 0 Å². The first-order valence-electron chi connectivity index (χ1n) is 4.30. The van der Waals surface area contributed by atoms with Gasteiger partial charge in [0.15, 0.2) is 5.01 Å². The molecular weight excluding hydrogens is 214 g/mol. The monoisotopic (exact) mass is 221 g/mol. The van der Waals surface area contributed by atoms with Gasteiger partial charge in [-0.2, -0.15) is 0 Å². The summed E-state index contributed by atoms with van der Waals surface area (Å²) in [6, 6.07) is 8.05. The van der Waals surface area contributed by atoms with E-state index in [1.807, 2.05) is 18.2 Å². The van der Waals surface area contributed by atoms with Crippen LogP contribution in [0.4, 0.5) is 0 Å². The predicted octanol–water partition coefficient (Wildman–Crippen LogP) is 3.28. The van der Waals surface area contributed by atoms with E-state index in [2.05, 4.69) is 22.9 Å². The summed E-state index contributed by atoms with van der Waals surface area (Å²) in [5.74, 6) is 6.57. The zero-order chi connectivity index (χ0) is 9.80. The molecule has 1 nitrogen and oxygen atoms in total. The first-order valence-corrected chi connectivity index (χ1v) is 5.65. The molecule has 2 aromatic rings. The quantitative estimate of drug-likeness (QED) is 0.532. The number of benzene rings is 1. The first kappa shape index (κ1) is 9.51. The fraction of sp³-hybridized carbons (Fsp3) is 0.182. The van der Waals surface area contributed by atoms with Gasteiger partial charge in [0.1, 0.15) is 0 Å². The Bertz CT molecular complexity index is 459. The second-order valence-corrected chi connectivity index (χ2v) is 4.14. The summed E-state index contributed by atoms with van der Waals surface area (Å²) in [4.78, 5) is 4.39. The molecule has 0 unspecified atom stereocenters. The number of aromatic nitrogens is 1. The maximum atomic E-state index is 5.53. The van der Waals surface area contributed by atoms with Crippen LogP contribution in [0.1, 0.15) is 11.4 Å². The molecule has 3 heteroatoms. The molecule has 2 rings (SSSR count). The summed E-state index contributed by atoms with van der Waals surface area (Å²) in [5, 5.41) is 0.872. The van der Waals surface area contributed by atoms with Gasteiger partial charge < -0.3 is 0 Å². The van der Waals surface area contributed by atoms with Crippen LogP contribution in [0.3, 0.4) is 0 Å². The minimum absolute atomic E-state index is 0.581. The summed E-state index contributed by atoms with van der Waals surface area (Å²) in [5.41, 5.74) is 1.02. The van der Waals surface area contributed by atoms with Gasteiger partial charge in [-0.15, -0.1) is 22.9 Å². The number of para-hydroxylation sites is 1. The van der Waals surface area contributed by atoms with Crippen LogP contribution in [-0.2, 0) is 0 Å². The molecule has 0 bridgehead atoms. The Labute approximate surface area is 91.7 Å². The Morgan fingerprint density at radius 3 is 3.00 bits per heavy atom. The van der Waals surface area contributed by atoms with Crippen molar-refractivity contribution in [3.63, 3.8) is 0 Å². The first-order chi connectivity index (χ1) is 6.90. The van der Waals surface area contributed by atoms with Crippen LogP contribution in [0.2, 0.25) is 0 Å². The third-order valence-electron chi connectivity index (χ3n) is 1.71. The number of alkyl halides is 1. The second-order valence-electron chi connectivity index (χ2n) is 2.73. The Kier molecular flexibility index (Phi) is 3.03. The molecule has 0 aliphatic rings. The lowest BCUT2D eigenvalue weighted by atomic mass is 10.3. The number of hydrogen-bond donors (Lipinski definition) is 0. The molecular formula is C11H8ClNS. The van der Waals surface area contributed by atoms with E-state index in [0.29, 0.717) is 5.88 Å². The zero-order valence-corrected chi connectivity index (χ0v) is 9.03. The molecule has 0 amide bonds. The van der Waals surface area contributed by atoms with E-state index in [4.69, 9.17) is 11.6 Å². The van der Waals surface area contributed by atoms with Crippen molar-refractivity contribution >= 4 is 33.2 Å². The SMILES string of the molecule is ClCCC#Cc1nc2ccccc2s1. The van der Waals surface area contributed by atoms with Crippen LogP contribution in [0.5, 0.6) is 0 Å². The fourth-order valence-corrected chi connectivity index (χ4v) is 2.05. The van der Waals surface area contributed by atoms with Gasteiger partial charge in [-0.3, -0.25) is 0 Å². The van der Waals surface area contributed by atoms with Crippen molar-refractivity contribution in [2.45, 2.75) is 6.42 Å². The maximum absolute atomic E-state index is 5.53. The highest BCUT2D eigenvalue weighted by Crippen LogP contribution is 2.20. The van der Waals surface area contributed by atoms with E-state index in [-0.39, 0.29) is 0 Å². The van der Waals surface area contributed by atoms with E-state index in [0.717, 1.165) is 16.9 Å². The normalized spacial score (nSPS) is 9.79. The third-order valence-corrected chi connectivity index (χ3v) is 2.85. The van der Waals surface area contributed by atoms with Gasteiger partial charge in [-0.05, 0) is 18.1 Å². The summed E-state index contributed by atoms with van der Waals surface area (Å²) < 4.78 is 1.18. The molecule has 0 spiro atoms. The number of rotatable bonds is 1. The summed E-state index contributed by atoms with van der Waals surface area (Å²) in [7, 11) is 0. The van der Waals surface area contributed by atoms with Crippen LogP contribution >= 0.6 is 22.9 Å². The maximum Gasteiger partial charge on any atom is 0.168 e. The number of halogens is 1. The van der Waals surface area contributed by atoms with Crippen LogP contribution in [0, 0.1) is 11.8 Å². The van der Waals surface area contributed by atoms with Crippen molar-refractivity contribution in [3.8, 4) is 11.8 Å². The number of nitrogens with zero attached hydrogens (tertiary/aromatic N) is 1. The third kappa shape index (κ3) is 2.06. The molecule has 0 aliphatic carbocycles. The van der Waals surface area contributed by atoms with Crippen LogP contribution < -0.4 is 0 Å². The Morgan fingerprint density at radius 2 is 2.21 bits per heavy atom. The lowest BCUT2D eigenvalue weighted by Crippen LogP contribution is -1.71. The number of hydrogen-bond acceptors (Lipinski definition) is 2. The van der Waals surface area contributed by atoms with Crippen molar-refractivity contribution in [2.75, 3.05) is 5.88 Å². The highest BCUT2D eigenvalue weighted by Gasteiger charge is 1.98. The van der Waals surface area contributed by atoms with Gasteiger partial charge in [-0.1, -0.05) is 18.1 Å². The van der Waals surface area contributed by atoms with E-state index in [1.165, 1.54) is 4.70 Å². The van der Waals surface area contributed by atoms with E-state index in [9.17, 15) is 0 Å². The smallest absolute Gasteiger partial charge is 0.168 e. The van der Waals surface area contributed by atoms with Gasteiger partial charge in [0, 0.05) is 12.3 Å². The van der Waals surface area contributed by atoms with Crippen LogP contribution in [0.15, 0.2) is 24.3 Å².